The number of amides is 1. The van der Waals surface area contributed by atoms with E-state index in [1.807, 2.05) is 11.0 Å². The number of piperazine rings is 1. The first kappa shape index (κ1) is 26.7. The molecule has 3 rings (SSSR count). The van der Waals surface area contributed by atoms with Crippen LogP contribution in [-0.2, 0) is 20.4 Å². The smallest absolute Gasteiger partial charge is 0.410 e. The van der Waals surface area contributed by atoms with Crippen molar-refractivity contribution >= 4 is 27.8 Å². The van der Waals surface area contributed by atoms with Crippen LogP contribution in [0.3, 0.4) is 0 Å². The Morgan fingerprint density at radius 1 is 1.11 bits per heavy atom. The van der Waals surface area contributed by atoms with Crippen molar-refractivity contribution in [1.29, 1.82) is 0 Å². The van der Waals surface area contributed by atoms with E-state index in [9.17, 15) is 18.3 Å². The highest BCUT2D eigenvalue weighted by Crippen LogP contribution is 2.25. The van der Waals surface area contributed by atoms with E-state index in [0.29, 0.717) is 30.3 Å². The van der Waals surface area contributed by atoms with E-state index in [2.05, 4.69) is 9.97 Å². The molecule has 0 radical (unpaired) electrons. The second-order valence-corrected chi connectivity index (χ2v) is 12.1. The van der Waals surface area contributed by atoms with Crippen LogP contribution in [0.25, 0.3) is 0 Å². The molecular formula is C24H35N5O5S. The minimum atomic E-state index is -3.62. The SMILES string of the molecule is CC(C)(C)OC(=O)N1CCN(c2ncc(C(C)(C)O)cn2)[C@@H](CN(c2ccccc2)S(C)(=O)=O)C1. The predicted molar refractivity (Wildman–Crippen MR) is 135 cm³/mol. The summed E-state index contributed by atoms with van der Waals surface area (Å²) in [4.78, 5) is 25.2. The molecule has 1 fully saturated rings. The van der Waals surface area contributed by atoms with Crippen LogP contribution in [-0.4, -0.2) is 78.6 Å². The number of carbonyl (C=O) groups excluding carboxylic acids is 1. The number of hydrogen-bond acceptors (Lipinski definition) is 8. The molecule has 0 unspecified atom stereocenters. The van der Waals surface area contributed by atoms with Crippen LogP contribution in [0.4, 0.5) is 16.4 Å². The molecule has 1 aromatic carbocycles. The number of rotatable bonds is 6. The van der Waals surface area contributed by atoms with Gasteiger partial charge in [0.15, 0.2) is 0 Å². The molecule has 2 heterocycles. The number of ether oxygens (including phenoxy) is 1. The van der Waals surface area contributed by atoms with Crippen LogP contribution in [0.1, 0.15) is 40.2 Å². The molecular weight excluding hydrogens is 470 g/mol. The number of anilines is 2. The van der Waals surface area contributed by atoms with Crippen molar-refractivity contribution in [1.82, 2.24) is 14.9 Å². The minimum absolute atomic E-state index is 0.0821. The van der Waals surface area contributed by atoms with Crippen LogP contribution in [0.5, 0.6) is 0 Å². The van der Waals surface area contributed by atoms with Gasteiger partial charge in [-0.15, -0.1) is 0 Å². The van der Waals surface area contributed by atoms with Gasteiger partial charge in [-0.05, 0) is 46.8 Å². The van der Waals surface area contributed by atoms with E-state index in [4.69, 9.17) is 4.74 Å². The summed E-state index contributed by atoms with van der Waals surface area (Å²) in [5, 5.41) is 10.2. The molecule has 35 heavy (non-hydrogen) atoms. The lowest BCUT2D eigenvalue weighted by molar-refractivity contribution is 0.0216. The Balaban J connectivity index is 1.94. The van der Waals surface area contributed by atoms with Crippen LogP contribution in [0.15, 0.2) is 42.7 Å². The Morgan fingerprint density at radius 2 is 1.71 bits per heavy atom. The third kappa shape index (κ3) is 7.04. The van der Waals surface area contributed by atoms with Gasteiger partial charge in [0.25, 0.3) is 0 Å². The largest absolute Gasteiger partial charge is 0.444 e. The fourth-order valence-corrected chi connectivity index (χ4v) is 4.72. The van der Waals surface area contributed by atoms with Crippen LogP contribution < -0.4 is 9.21 Å². The molecule has 1 aliphatic heterocycles. The van der Waals surface area contributed by atoms with Crippen molar-refractivity contribution < 1.29 is 23.1 Å². The summed E-state index contributed by atoms with van der Waals surface area (Å²) in [7, 11) is -3.62. The maximum Gasteiger partial charge on any atom is 0.410 e. The van der Waals surface area contributed by atoms with Crippen molar-refractivity contribution in [2.24, 2.45) is 0 Å². The molecule has 1 atom stereocenters. The molecule has 1 saturated heterocycles. The average molecular weight is 506 g/mol. The number of aromatic nitrogens is 2. The first-order valence-corrected chi connectivity index (χ1v) is 13.3. The van der Waals surface area contributed by atoms with Crippen molar-refractivity contribution in [2.75, 3.05) is 41.6 Å². The molecule has 1 N–H and O–H groups in total. The van der Waals surface area contributed by atoms with Gasteiger partial charge in [0.1, 0.15) is 5.60 Å². The fourth-order valence-electron chi connectivity index (χ4n) is 3.77. The van der Waals surface area contributed by atoms with Gasteiger partial charge in [0, 0.05) is 37.6 Å². The third-order valence-corrected chi connectivity index (χ3v) is 6.72. The van der Waals surface area contributed by atoms with Gasteiger partial charge >= 0.3 is 6.09 Å². The topological polar surface area (TPSA) is 116 Å². The standard InChI is InChI=1S/C24H35N5O5S/c1-23(2,3)34-22(30)27-12-13-28(21-25-14-18(15-26-21)24(4,5)31)20(16-27)17-29(35(6,32)33)19-10-8-7-9-11-19/h7-11,14-15,20,31H,12-13,16-17H2,1-6H3/t20-/m1/s1. The summed E-state index contributed by atoms with van der Waals surface area (Å²) in [5.74, 6) is 0.397. The number of sulfonamides is 1. The number of carbonyl (C=O) groups is 1. The quantitative estimate of drug-likeness (QED) is 0.637. The van der Waals surface area contributed by atoms with Crippen molar-refractivity contribution in [3.63, 3.8) is 0 Å². The summed E-state index contributed by atoms with van der Waals surface area (Å²) in [6, 6.07) is 8.39. The van der Waals surface area contributed by atoms with E-state index < -0.39 is 33.4 Å². The molecule has 10 nitrogen and oxygen atoms in total. The first-order chi connectivity index (χ1) is 16.1. The Labute approximate surface area is 207 Å². The van der Waals surface area contributed by atoms with E-state index in [0.717, 1.165) is 6.26 Å². The molecule has 0 bridgehead atoms. The summed E-state index contributed by atoms with van der Waals surface area (Å²) in [5.41, 5.74) is -0.647. The lowest BCUT2D eigenvalue weighted by atomic mass is 10.0. The van der Waals surface area contributed by atoms with E-state index in [1.165, 1.54) is 4.31 Å². The highest BCUT2D eigenvalue weighted by Gasteiger charge is 2.36. The van der Waals surface area contributed by atoms with Crippen molar-refractivity contribution in [2.45, 2.75) is 51.9 Å². The van der Waals surface area contributed by atoms with Gasteiger partial charge in [0.2, 0.25) is 16.0 Å². The van der Waals surface area contributed by atoms with Crippen molar-refractivity contribution in [3.8, 4) is 0 Å². The zero-order chi connectivity index (χ0) is 26.0. The maximum atomic E-state index is 12.8. The van der Waals surface area contributed by atoms with Gasteiger partial charge in [-0.3, -0.25) is 4.31 Å². The Hall–Kier alpha value is -2.92. The Bertz CT molecular complexity index is 1110. The molecule has 1 aliphatic rings. The van der Waals surface area contributed by atoms with Crippen LogP contribution in [0.2, 0.25) is 0 Å². The monoisotopic (exact) mass is 505 g/mol. The average Bonchev–Trinajstić information content (AvgIpc) is 2.75. The van der Waals surface area contributed by atoms with E-state index in [1.54, 1.807) is 76.2 Å². The van der Waals surface area contributed by atoms with Crippen molar-refractivity contribution in [3.05, 3.63) is 48.3 Å². The number of nitrogens with zero attached hydrogens (tertiary/aromatic N) is 5. The fraction of sp³-hybridized carbons (Fsp3) is 0.542. The summed E-state index contributed by atoms with van der Waals surface area (Å²) >= 11 is 0. The molecule has 192 valence electrons. The number of benzene rings is 1. The van der Waals surface area contributed by atoms with Crippen LogP contribution in [0, 0.1) is 0 Å². The maximum absolute atomic E-state index is 12.8. The van der Waals surface area contributed by atoms with Crippen LogP contribution >= 0.6 is 0 Å². The third-order valence-electron chi connectivity index (χ3n) is 5.56. The van der Waals surface area contributed by atoms with Gasteiger partial charge in [-0.25, -0.2) is 23.2 Å². The minimum Gasteiger partial charge on any atom is -0.444 e. The van der Waals surface area contributed by atoms with E-state index in [-0.39, 0.29) is 13.1 Å². The lowest BCUT2D eigenvalue weighted by Gasteiger charge is -2.43. The molecule has 11 heteroatoms. The zero-order valence-corrected chi connectivity index (χ0v) is 22.0. The Kier molecular flexibility index (Phi) is 7.61. The summed E-state index contributed by atoms with van der Waals surface area (Å²) in [6.07, 6.45) is 3.83. The van der Waals surface area contributed by atoms with Gasteiger partial charge < -0.3 is 19.6 Å². The first-order valence-electron chi connectivity index (χ1n) is 11.5. The second kappa shape index (κ2) is 9.98. The molecule has 0 aliphatic carbocycles. The summed E-state index contributed by atoms with van der Waals surface area (Å²) < 4.78 is 32.4. The normalized spacial score (nSPS) is 17.3. The predicted octanol–water partition coefficient (Wildman–Crippen LogP) is 2.60. The van der Waals surface area contributed by atoms with Gasteiger partial charge in [0.05, 0.1) is 30.1 Å². The molecule has 1 aromatic heterocycles. The molecule has 2 aromatic rings. The lowest BCUT2D eigenvalue weighted by Crippen LogP contribution is -2.60. The summed E-state index contributed by atoms with van der Waals surface area (Å²) in [6.45, 7) is 9.77. The molecule has 0 spiro atoms. The highest BCUT2D eigenvalue weighted by molar-refractivity contribution is 7.92. The number of para-hydroxylation sites is 1. The number of aliphatic hydroxyl groups is 1. The van der Waals surface area contributed by atoms with E-state index >= 15 is 0 Å². The molecule has 1 amide bonds. The highest BCUT2D eigenvalue weighted by atomic mass is 32.2. The Morgan fingerprint density at radius 3 is 2.23 bits per heavy atom. The molecule has 0 saturated carbocycles. The zero-order valence-electron chi connectivity index (χ0n) is 21.2. The second-order valence-electron chi connectivity index (χ2n) is 10.2. The van der Waals surface area contributed by atoms with Gasteiger partial charge in [-0.1, -0.05) is 18.2 Å². The number of hydrogen-bond donors (Lipinski definition) is 1. The van der Waals surface area contributed by atoms with Gasteiger partial charge in [-0.2, -0.15) is 0 Å².